The van der Waals surface area contributed by atoms with Crippen molar-refractivity contribution in [2.24, 2.45) is 5.73 Å². The summed E-state index contributed by atoms with van der Waals surface area (Å²) in [6.07, 6.45) is 3.45. The summed E-state index contributed by atoms with van der Waals surface area (Å²) in [4.78, 5) is 49.6. The quantitative estimate of drug-likeness (QED) is 0.122. The number of rotatable bonds is 10. The number of primary amides is 1. The Balaban J connectivity index is 1.31. The van der Waals surface area contributed by atoms with Gasteiger partial charge < -0.3 is 50.2 Å². The molecule has 2 aromatic heterocycles. The largest absolute Gasteiger partial charge is 0.494 e. The second-order valence-corrected chi connectivity index (χ2v) is 14.0. The smallest absolute Gasteiger partial charge is 0.410 e. The molecule has 4 aromatic rings. The maximum atomic E-state index is 12.5. The lowest BCUT2D eigenvalue weighted by Gasteiger charge is -2.41. The lowest BCUT2D eigenvalue weighted by Crippen LogP contribution is -2.55. The highest BCUT2D eigenvalue weighted by Crippen LogP contribution is 2.32. The first-order valence-electron chi connectivity index (χ1n) is 17.1. The molecule has 0 saturated carbocycles. The molecular weight excluding hydrogens is 682 g/mol. The summed E-state index contributed by atoms with van der Waals surface area (Å²) in [5.41, 5.74) is 19.8. The zero-order valence-corrected chi connectivity index (χ0v) is 31.2. The zero-order valence-electron chi connectivity index (χ0n) is 31.2. The third-order valence-corrected chi connectivity index (χ3v) is 8.76. The average molecular weight is 730 g/mol. The van der Waals surface area contributed by atoms with E-state index in [-0.39, 0.29) is 30.2 Å². The predicted octanol–water partition coefficient (Wildman–Crippen LogP) is 3.41. The number of nitrogen functional groups attached to an aromatic ring is 2. The molecule has 1 saturated heterocycles. The van der Waals surface area contributed by atoms with Crippen LogP contribution in [0.15, 0.2) is 36.4 Å². The molecule has 3 heterocycles. The van der Waals surface area contributed by atoms with Crippen LogP contribution in [0, 0.1) is 11.8 Å². The molecule has 6 N–H and O–H groups in total. The van der Waals surface area contributed by atoms with Crippen molar-refractivity contribution in [3.63, 3.8) is 0 Å². The van der Waals surface area contributed by atoms with Gasteiger partial charge in [0.05, 0.1) is 36.4 Å². The third kappa shape index (κ3) is 8.58. The van der Waals surface area contributed by atoms with Crippen molar-refractivity contribution in [3.05, 3.63) is 47.5 Å². The van der Waals surface area contributed by atoms with Crippen molar-refractivity contribution in [2.45, 2.75) is 58.8 Å². The Morgan fingerprint density at radius 2 is 1.38 bits per heavy atom. The van der Waals surface area contributed by atoms with Crippen LogP contribution >= 0.6 is 0 Å². The number of ether oxygens (including phenoxy) is 4. The van der Waals surface area contributed by atoms with Gasteiger partial charge in [-0.2, -0.15) is 0 Å². The normalized spacial score (nSPS) is 14.0. The molecule has 0 spiro atoms. The second kappa shape index (κ2) is 15.3. The number of esters is 1. The number of nitrogens with zero attached hydrogens (tertiary/aromatic N) is 6. The fourth-order valence-electron chi connectivity index (χ4n) is 6.09. The first kappa shape index (κ1) is 38.3. The fourth-order valence-corrected chi connectivity index (χ4v) is 6.09. The molecule has 53 heavy (non-hydrogen) atoms. The fraction of sp³-hybridized carbons (Fsp3) is 0.432. The summed E-state index contributed by atoms with van der Waals surface area (Å²) < 4.78 is 25.6. The number of fused-ring (bicyclic) bond motifs is 2. The van der Waals surface area contributed by atoms with Gasteiger partial charge in [0.1, 0.15) is 34.7 Å². The first-order valence-corrected chi connectivity index (χ1v) is 17.1. The highest BCUT2D eigenvalue weighted by atomic mass is 16.6. The van der Waals surface area contributed by atoms with Gasteiger partial charge in [0, 0.05) is 44.8 Å². The number of hydrogen-bond donors (Lipinski definition) is 3. The number of aromatic nitrogens is 4. The maximum Gasteiger partial charge on any atom is 0.410 e. The standard InChI is InChI=1S/C37H47N9O7/c1-36(2,3)53-35(49)43-14-16-44(17-15-43)37(4,5)11-10-18-52-28-21-23(31(38)47)19-25-30(28)46(34(40)41-25)13-9-8-12-45-29-26(42-33(45)39)20-24(32(48)51-7)22-27(29)50-6/h8-9,19-22H,12-18H2,1-7H3,(H2,38,47)(H2,39,42)(H2,40,41)/b9-8+. The number of allylic oxidation sites excluding steroid dienone is 2. The van der Waals surface area contributed by atoms with Crippen LogP contribution in [0.1, 0.15) is 55.3 Å². The van der Waals surface area contributed by atoms with Crippen LogP contribution in [0.2, 0.25) is 0 Å². The van der Waals surface area contributed by atoms with Crippen LogP contribution in [0.4, 0.5) is 16.7 Å². The number of nitrogens with two attached hydrogens (primary N) is 3. The van der Waals surface area contributed by atoms with Gasteiger partial charge in [-0.15, -0.1) is 0 Å². The van der Waals surface area contributed by atoms with Crippen molar-refractivity contribution in [2.75, 3.05) is 58.5 Å². The Kier molecular flexibility index (Phi) is 11.1. The summed E-state index contributed by atoms with van der Waals surface area (Å²) in [5, 5.41) is 0. The molecule has 5 rings (SSSR count). The second-order valence-electron chi connectivity index (χ2n) is 14.0. The number of anilines is 2. The van der Waals surface area contributed by atoms with Crippen LogP contribution in [0.3, 0.4) is 0 Å². The summed E-state index contributed by atoms with van der Waals surface area (Å²) in [5.74, 6) is 6.48. The minimum Gasteiger partial charge on any atom is -0.494 e. The van der Waals surface area contributed by atoms with Gasteiger partial charge in [-0.25, -0.2) is 19.6 Å². The molecule has 0 bridgehead atoms. The van der Waals surface area contributed by atoms with Gasteiger partial charge >= 0.3 is 12.1 Å². The van der Waals surface area contributed by atoms with Crippen molar-refractivity contribution >= 4 is 51.9 Å². The molecule has 0 unspecified atom stereocenters. The van der Waals surface area contributed by atoms with E-state index < -0.39 is 23.0 Å². The Bertz CT molecular complexity index is 2130. The van der Waals surface area contributed by atoms with E-state index in [4.69, 9.17) is 36.1 Å². The highest BCUT2D eigenvalue weighted by molar-refractivity contribution is 5.99. The number of methoxy groups -OCH3 is 2. The molecule has 2 aromatic carbocycles. The van der Waals surface area contributed by atoms with Crippen LogP contribution in [0.5, 0.6) is 11.5 Å². The summed E-state index contributed by atoms with van der Waals surface area (Å²) in [7, 11) is 2.80. The van der Waals surface area contributed by atoms with Gasteiger partial charge in [0.15, 0.2) is 0 Å². The highest BCUT2D eigenvalue weighted by Gasteiger charge is 2.32. The number of piperazine rings is 1. The van der Waals surface area contributed by atoms with Crippen LogP contribution < -0.4 is 26.7 Å². The molecular formula is C37H47N9O7. The molecule has 16 nitrogen and oxygen atoms in total. The number of imidazole rings is 2. The van der Waals surface area contributed by atoms with E-state index in [2.05, 4.69) is 26.7 Å². The SMILES string of the molecule is COC(=O)c1cc(OC)c2c(c1)nc(N)n2C/C=C/Cn1c(N)nc2cc(C(N)=O)cc(OCC#CC(C)(C)N3CCN(C(=O)OC(C)(C)C)CC3)c21. The van der Waals surface area contributed by atoms with E-state index in [1.807, 2.05) is 46.8 Å². The molecule has 2 amide bonds. The number of carbonyl (C=O) groups is 3. The zero-order chi connectivity index (χ0) is 38.7. The molecule has 1 fully saturated rings. The lowest BCUT2D eigenvalue weighted by atomic mass is 10.0. The molecule has 0 atom stereocenters. The number of benzene rings is 2. The minimum atomic E-state index is -0.637. The van der Waals surface area contributed by atoms with Gasteiger partial charge in [-0.05, 0) is 58.9 Å². The van der Waals surface area contributed by atoms with E-state index in [1.165, 1.54) is 14.2 Å². The van der Waals surface area contributed by atoms with Crippen molar-refractivity contribution < 1.29 is 33.3 Å². The topological polar surface area (TPSA) is 208 Å². The maximum absolute atomic E-state index is 12.5. The van der Waals surface area contributed by atoms with E-state index in [0.29, 0.717) is 78.4 Å². The van der Waals surface area contributed by atoms with Crippen molar-refractivity contribution in [1.29, 1.82) is 0 Å². The number of carbonyl (C=O) groups excluding carboxylic acids is 3. The molecule has 282 valence electrons. The van der Waals surface area contributed by atoms with Gasteiger partial charge in [-0.1, -0.05) is 24.0 Å². The van der Waals surface area contributed by atoms with Gasteiger partial charge in [0.25, 0.3) is 0 Å². The average Bonchev–Trinajstić information content (AvgIpc) is 3.60. The molecule has 16 heteroatoms. The Labute approximate surface area is 307 Å². The Morgan fingerprint density at radius 1 is 0.830 bits per heavy atom. The lowest BCUT2D eigenvalue weighted by molar-refractivity contribution is 0.00779. The molecule has 1 aliphatic rings. The van der Waals surface area contributed by atoms with E-state index in [0.717, 1.165) is 0 Å². The molecule has 1 aliphatic heterocycles. The monoisotopic (exact) mass is 729 g/mol. The summed E-state index contributed by atoms with van der Waals surface area (Å²) in [6.45, 7) is 12.6. The van der Waals surface area contributed by atoms with E-state index >= 15 is 0 Å². The van der Waals surface area contributed by atoms with E-state index in [9.17, 15) is 14.4 Å². The van der Waals surface area contributed by atoms with Crippen LogP contribution in [-0.4, -0.2) is 105 Å². The van der Waals surface area contributed by atoms with Gasteiger partial charge in [0.2, 0.25) is 17.8 Å². The van der Waals surface area contributed by atoms with Crippen LogP contribution in [-0.2, 0) is 22.6 Å². The number of amides is 2. The third-order valence-electron chi connectivity index (χ3n) is 8.76. The van der Waals surface area contributed by atoms with Crippen molar-refractivity contribution in [1.82, 2.24) is 28.9 Å². The number of hydrogen-bond acceptors (Lipinski definition) is 12. The molecule has 0 aliphatic carbocycles. The van der Waals surface area contributed by atoms with Crippen LogP contribution in [0.25, 0.3) is 22.1 Å². The first-order chi connectivity index (χ1) is 25.0. The Hall–Kier alpha value is -5.95. The van der Waals surface area contributed by atoms with Crippen molar-refractivity contribution in [3.8, 4) is 23.3 Å². The van der Waals surface area contributed by atoms with Gasteiger partial charge in [-0.3, -0.25) is 9.69 Å². The summed E-state index contributed by atoms with van der Waals surface area (Å²) >= 11 is 0. The summed E-state index contributed by atoms with van der Waals surface area (Å²) in [6, 6.07) is 6.30. The molecule has 0 radical (unpaired) electrons. The minimum absolute atomic E-state index is 0.0199. The Morgan fingerprint density at radius 3 is 1.91 bits per heavy atom. The predicted molar refractivity (Wildman–Crippen MR) is 201 cm³/mol. The van der Waals surface area contributed by atoms with E-state index in [1.54, 1.807) is 38.3 Å².